The molecule has 162 valence electrons. The molecule has 1 fully saturated rings. The van der Waals surface area contributed by atoms with Gasteiger partial charge in [0, 0.05) is 41.9 Å². The normalized spacial score (nSPS) is 14.2. The zero-order chi connectivity index (χ0) is 22.1. The monoisotopic (exact) mass is 430 g/mol. The predicted octanol–water partition coefficient (Wildman–Crippen LogP) is 4.02. The van der Waals surface area contributed by atoms with Crippen molar-refractivity contribution in [2.45, 2.75) is 19.4 Å². The van der Waals surface area contributed by atoms with Crippen LogP contribution >= 0.6 is 0 Å². The third kappa shape index (κ3) is 3.85. The Morgan fingerprint density at radius 3 is 2.62 bits per heavy atom. The number of hydrogen-bond acceptors (Lipinski definition) is 5. The molecule has 0 bridgehead atoms. The van der Waals surface area contributed by atoms with E-state index in [2.05, 4.69) is 25.3 Å². The van der Waals surface area contributed by atoms with Crippen molar-refractivity contribution < 1.29 is 9.18 Å². The van der Waals surface area contributed by atoms with Crippen molar-refractivity contribution in [2.24, 2.45) is 7.05 Å². The first kappa shape index (κ1) is 20.3. The maximum atomic E-state index is 15.7. The number of amides is 1. The van der Waals surface area contributed by atoms with Gasteiger partial charge in [-0.25, -0.2) is 9.37 Å². The van der Waals surface area contributed by atoms with Gasteiger partial charge in [0.2, 0.25) is 0 Å². The Labute approximate surface area is 184 Å². The summed E-state index contributed by atoms with van der Waals surface area (Å²) in [5.74, 6) is -0.432. The minimum Gasteiger partial charge on any atom is -0.307 e. The lowest BCUT2D eigenvalue weighted by molar-refractivity contribution is 0.102. The molecule has 1 aliphatic rings. The van der Waals surface area contributed by atoms with Gasteiger partial charge in [0.05, 0.1) is 23.6 Å². The standard InChI is InChI=1S/C24H23FN6O/c1-30-21(15-31-9-5-6-10-31)18(13-28-30)19-12-26-20-14-27-22(11-17(20)23(19)25)29-24(32)16-7-3-2-4-8-16/h2-4,7-8,11-14H,5-6,9-10,15H2,1H3,(H,27,29,32). The molecule has 0 spiro atoms. The zero-order valence-electron chi connectivity index (χ0n) is 17.8. The summed E-state index contributed by atoms with van der Waals surface area (Å²) in [7, 11) is 1.88. The molecule has 7 nitrogen and oxygen atoms in total. The third-order valence-corrected chi connectivity index (χ3v) is 5.89. The first-order chi connectivity index (χ1) is 15.6. The van der Waals surface area contributed by atoms with E-state index in [1.165, 1.54) is 31.3 Å². The summed E-state index contributed by atoms with van der Waals surface area (Å²) >= 11 is 0. The number of aryl methyl sites for hydroxylation is 1. The number of anilines is 1. The second-order valence-corrected chi connectivity index (χ2v) is 8.00. The summed E-state index contributed by atoms with van der Waals surface area (Å²) in [6, 6.07) is 10.4. The number of carbonyl (C=O) groups excluding carboxylic acids is 1. The Hall–Kier alpha value is -3.65. The minimum atomic E-state index is -0.400. The molecule has 5 rings (SSSR count). The highest BCUT2D eigenvalue weighted by Gasteiger charge is 2.21. The Morgan fingerprint density at radius 2 is 1.84 bits per heavy atom. The topological polar surface area (TPSA) is 75.9 Å². The number of hydrogen-bond donors (Lipinski definition) is 1. The van der Waals surface area contributed by atoms with E-state index in [4.69, 9.17) is 0 Å². The summed E-state index contributed by atoms with van der Waals surface area (Å²) in [5.41, 5.74) is 3.01. The molecule has 8 heteroatoms. The number of aromatic nitrogens is 4. The molecule has 1 amide bonds. The van der Waals surface area contributed by atoms with Gasteiger partial charge in [0.15, 0.2) is 0 Å². The molecule has 0 saturated carbocycles. The van der Waals surface area contributed by atoms with Crippen molar-refractivity contribution in [3.63, 3.8) is 0 Å². The predicted molar refractivity (Wildman–Crippen MR) is 121 cm³/mol. The van der Waals surface area contributed by atoms with E-state index in [0.717, 1.165) is 30.9 Å². The summed E-state index contributed by atoms with van der Waals surface area (Å²) in [5, 5.41) is 7.41. The number of nitrogens with one attached hydrogen (secondary N) is 1. The van der Waals surface area contributed by atoms with Crippen molar-refractivity contribution in [1.29, 1.82) is 0 Å². The molecule has 0 radical (unpaired) electrons. The number of rotatable bonds is 5. The largest absolute Gasteiger partial charge is 0.307 e. The van der Waals surface area contributed by atoms with E-state index in [-0.39, 0.29) is 11.7 Å². The highest BCUT2D eigenvalue weighted by molar-refractivity contribution is 6.04. The number of fused-ring (bicyclic) bond motifs is 1. The van der Waals surface area contributed by atoms with Crippen molar-refractivity contribution in [2.75, 3.05) is 18.4 Å². The Kier molecular flexibility index (Phi) is 5.36. The minimum absolute atomic E-state index is 0.271. The maximum absolute atomic E-state index is 15.7. The summed E-state index contributed by atoms with van der Waals surface area (Å²) in [4.78, 5) is 23.4. The smallest absolute Gasteiger partial charge is 0.256 e. The van der Waals surface area contributed by atoms with Crippen LogP contribution in [0.15, 0.2) is 55.0 Å². The van der Waals surface area contributed by atoms with Gasteiger partial charge in [-0.3, -0.25) is 19.4 Å². The number of halogens is 1. The molecule has 1 saturated heterocycles. The van der Waals surface area contributed by atoms with Crippen LogP contribution in [0.4, 0.5) is 10.2 Å². The molecule has 0 atom stereocenters. The van der Waals surface area contributed by atoms with E-state index in [0.29, 0.717) is 22.0 Å². The lowest BCUT2D eigenvalue weighted by atomic mass is 10.0. The van der Waals surface area contributed by atoms with Crippen LogP contribution in [0.5, 0.6) is 0 Å². The summed E-state index contributed by atoms with van der Waals surface area (Å²) < 4.78 is 17.5. The molecule has 32 heavy (non-hydrogen) atoms. The number of likely N-dealkylation sites (tertiary alicyclic amines) is 1. The SMILES string of the molecule is Cn1ncc(-c2cnc3cnc(NC(=O)c4ccccc4)cc3c2F)c1CN1CCCC1. The van der Waals surface area contributed by atoms with E-state index in [9.17, 15) is 4.79 Å². The Bertz CT molecular complexity index is 1280. The van der Waals surface area contributed by atoms with Crippen LogP contribution in [-0.4, -0.2) is 43.6 Å². The summed E-state index contributed by atoms with van der Waals surface area (Å²) in [6.45, 7) is 2.80. The van der Waals surface area contributed by atoms with Gasteiger partial charge in [-0.2, -0.15) is 5.10 Å². The average Bonchev–Trinajstić information content (AvgIpc) is 3.46. The van der Waals surface area contributed by atoms with E-state index < -0.39 is 5.82 Å². The fourth-order valence-electron chi connectivity index (χ4n) is 4.12. The molecular formula is C24H23FN6O. The van der Waals surface area contributed by atoms with E-state index in [1.807, 2.05) is 13.1 Å². The lowest BCUT2D eigenvalue weighted by Crippen LogP contribution is -2.20. The Balaban J connectivity index is 1.49. The van der Waals surface area contributed by atoms with Gasteiger partial charge in [-0.05, 0) is 44.1 Å². The van der Waals surface area contributed by atoms with Gasteiger partial charge < -0.3 is 5.32 Å². The second kappa shape index (κ2) is 8.47. The highest BCUT2D eigenvalue weighted by atomic mass is 19.1. The van der Waals surface area contributed by atoms with Crippen LogP contribution in [0.2, 0.25) is 0 Å². The lowest BCUT2D eigenvalue weighted by Gasteiger charge is -2.16. The van der Waals surface area contributed by atoms with Crippen molar-refractivity contribution in [1.82, 2.24) is 24.6 Å². The van der Waals surface area contributed by atoms with Gasteiger partial charge in [0.25, 0.3) is 5.91 Å². The molecule has 4 aromatic rings. The van der Waals surface area contributed by atoms with Crippen molar-refractivity contribution in [3.8, 4) is 11.1 Å². The number of nitrogens with zero attached hydrogens (tertiary/aromatic N) is 5. The van der Waals surface area contributed by atoms with Crippen LogP contribution < -0.4 is 5.32 Å². The van der Waals surface area contributed by atoms with Crippen LogP contribution in [0, 0.1) is 5.82 Å². The molecule has 3 aromatic heterocycles. The highest BCUT2D eigenvalue weighted by Crippen LogP contribution is 2.31. The fourth-order valence-corrected chi connectivity index (χ4v) is 4.12. The summed E-state index contributed by atoms with van der Waals surface area (Å²) in [6.07, 6.45) is 7.06. The van der Waals surface area contributed by atoms with Gasteiger partial charge >= 0.3 is 0 Å². The third-order valence-electron chi connectivity index (χ3n) is 5.89. The van der Waals surface area contributed by atoms with Crippen molar-refractivity contribution in [3.05, 3.63) is 72.1 Å². The zero-order valence-corrected chi connectivity index (χ0v) is 17.8. The fraction of sp³-hybridized carbons (Fsp3) is 0.250. The molecular weight excluding hydrogens is 407 g/mol. The molecule has 1 aromatic carbocycles. The van der Waals surface area contributed by atoms with Gasteiger partial charge in [0.1, 0.15) is 11.6 Å². The number of benzene rings is 1. The van der Waals surface area contributed by atoms with Gasteiger partial charge in [-0.15, -0.1) is 0 Å². The quantitative estimate of drug-likeness (QED) is 0.518. The van der Waals surface area contributed by atoms with Crippen LogP contribution in [-0.2, 0) is 13.6 Å². The molecule has 1 N–H and O–H groups in total. The van der Waals surface area contributed by atoms with Crippen molar-refractivity contribution >= 4 is 22.6 Å². The first-order valence-electron chi connectivity index (χ1n) is 10.6. The maximum Gasteiger partial charge on any atom is 0.256 e. The first-order valence-corrected chi connectivity index (χ1v) is 10.6. The van der Waals surface area contributed by atoms with Crippen LogP contribution in [0.1, 0.15) is 28.9 Å². The van der Waals surface area contributed by atoms with E-state index >= 15 is 4.39 Å². The molecule has 4 heterocycles. The van der Waals surface area contributed by atoms with Crippen LogP contribution in [0.25, 0.3) is 22.0 Å². The molecule has 0 aliphatic carbocycles. The van der Waals surface area contributed by atoms with Crippen LogP contribution in [0.3, 0.4) is 0 Å². The second-order valence-electron chi connectivity index (χ2n) is 8.00. The average molecular weight is 430 g/mol. The molecule has 1 aliphatic heterocycles. The number of pyridine rings is 2. The Morgan fingerprint density at radius 1 is 1.06 bits per heavy atom. The number of carbonyl (C=O) groups is 1. The van der Waals surface area contributed by atoms with Gasteiger partial charge in [-0.1, -0.05) is 18.2 Å². The molecule has 0 unspecified atom stereocenters. The van der Waals surface area contributed by atoms with E-state index in [1.54, 1.807) is 35.1 Å².